The first-order valence-corrected chi connectivity index (χ1v) is 12.8. The molecule has 3 aliphatic rings. The maximum atomic E-state index is 12.8. The van der Waals surface area contributed by atoms with E-state index in [0.717, 1.165) is 68.4 Å². The number of fused-ring (bicyclic) bond motifs is 2. The Labute approximate surface area is 192 Å². The molecule has 3 aliphatic heterocycles. The van der Waals surface area contributed by atoms with Crippen LogP contribution in [0.5, 0.6) is 0 Å². The molecule has 0 aliphatic carbocycles. The Morgan fingerprint density at radius 3 is 2.28 bits per heavy atom. The Bertz CT molecular complexity index is 1090. The van der Waals surface area contributed by atoms with Gasteiger partial charge in [-0.3, -0.25) is 9.69 Å². The standard InChI is InChI=1S/C25H29N5OS/c31-25(30-13-14-32-17-30)23-15-18(16-26-23)28-9-11-29(12-10-28)24-19-5-1-3-7-21(19)27-22-8-4-2-6-20(22)24/h1-8,18,23,26H,9-17H2/t18-,23-/m0/s1. The number of benzene rings is 2. The first kappa shape index (κ1) is 20.3. The maximum absolute atomic E-state index is 12.8. The number of hydrogen-bond donors (Lipinski definition) is 1. The smallest absolute Gasteiger partial charge is 0.240 e. The number of aromatic nitrogens is 1. The van der Waals surface area contributed by atoms with Crippen molar-refractivity contribution in [1.29, 1.82) is 0 Å². The Kier molecular flexibility index (Phi) is 5.41. The van der Waals surface area contributed by atoms with Crippen LogP contribution in [0.2, 0.25) is 0 Å². The zero-order valence-electron chi connectivity index (χ0n) is 18.2. The normalized spacial score (nSPS) is 24.6. The molecule has 3 saturated heterocycles. The van der Waals surface area contributed by atoms with E-state index in [0.29, 0.717) is 11.9 Å². The van der Waals surface area contributed by atoms with Gasteiger partial charge in [0.2, 0.25) is 5.91 Å². The lowest BCUT2D eigenvalue weighted by Gasteiger charge is -2.39. The summed E-state index contributed by atoms with van der Waals surface area (Å²) in [7, 11) is 0. The van der Waals surface area contributed by atoms with Gasteiger partial charge in [-0.25, -0.2) is 4.98 Å². The summed E-state index contributed by atoms with van der Waals surface area (Å²) < 4.78 is 0. The Morgan fingerprint density at radius 2 is 1.62 bits per heavy atom. The monoisotopic (exact) mass is 447 g/mol. The van der Waals surface area contributed by atoms with Crippen molar-refractivity contribution in [3.05, 3.63) is 48.5 Å². The van der Waals surface area contributed by atoms with E-state index >= 15 is 0 Å². The van der Waals surface area contributed by atoms with Crippen LogP contribution in [0.15, 0.2) is 48.5 Å². The summed E-state index contributed by atoms with van der Waals surface area (Å²) in [5.41, 5.74) is 3.44. The van der Waals surface area contributed by atoms with E-state index < -0.39 is 0 Å². The third kappa shape index (κ3) is 3.62. The number of para-hydroxylation sites is 2. The lowest BCUT2D eigenvalue weighted by molar-refractivity contribution is -0.131. The van der Waals surface area contributed by atoms with Crippen molar-refractivity contribution in [2.75, 3.05) is 55.8 Å². The van der Waals surface area contributed by atoms with Gasteiger partial charge in [-0.15, -0.1) is 11.8 Å². The molecule has 166 valence electrons. The average molecular weight is 448 g/mol. The predicted octanol–water partition coefficient (Wildman–Crippen LogP) is 2.77. The van der Waals surface area contributed by atoms with E-state index in [1.165, 1.54) is 16.5 Å². The number of carbonyl (C=O) groups is 1. The third-order valence-corrected chi connectivity index (χ3v) is 8.14. The van der Waals surface area contributed by atoms with Crippen molar-refractivity contribution < 1.29 is 4.79 Å². The summed E-state index contributed by atoms with van der Waals surface area (Å²) in [6.45, 7) is 5.86. The summed E-state index contributed by atoms with van der Waals surface area (Å²) in [6, 6.07) is 17.4. The van der Waals surface area contributed by atoms with Crippen molar-refractivity contribution in [2.24, 2.45) is 0 Å². The van der Waals surface area contributed by atoms with Crippen molar-refractivity contribution >= 4 is 45.2 Å². The molecule has 2 atom stereocenters. The molecule has 7 heteroatoms. The number of rotatable bonds is 3. The molecule has 2 aromatic carbocycles. The number of amides is 1. The molecule has 3 aromatic rings. The van der Waals surface area contributed by atoms with Gasteiger partial charge in [-0.1, -0.05) is 36.4 Å². The highest BCUT2D eigenvalue weighted by Gasteiger charge is 2.36. The molecule has 6 rings (SSSR count). The number of nitrogens with one attached hydrogen (secondary N) is 1. The summed E-state index contributed by atoms with van der Waals surface area (Å²) in [4.78, 5) is 24.8. The molecular formula is C25H29N5OS. The number of anilines is 1. The van der Waals surface area contributed by atoms with E-state index in [2.05, 4.69) is 63.6 Å². The highest BCUT2D eigenvalue weighted by Crippen LogP contribution is 2.34. The molecule has 4 heterocycles. The van der Waals surface area contributed by atoms with Crippen LogP contribution in [0, 0.1) is 0 Å². The quantitative estimate of drug-likeness (QED) is 0.623. The largest absolute Gasteiger partial charge is 0.368 e. The average Bonchev–Trinajstić information content (AvgIpc) is 3.55. The molecule has 0 bridgehead atoms. The van der Waals surface area contributed by atoms with Gasteiger partial charge in [0, 0.05) is 61.8 Å². The fourth-order valence-corrected chi connectivity index (χ4v) is 6.42. The van der Waals surface area contributed by atoms with Gasteiger partial charge in [0.25, 0.3) is 0 Å². The third-order valence-electron chi connectivity index (χ3n) is 7.18. The first-order chi connectivity index (χ1) is 15.8. The van der Waals surface area contributed by atoms with Crippen molar-refractivity contribution in [3.8, 4) is 0 Å². The summed E-state index contributed by atoms with van der Waals surface area (Å²) in [5.74, 6) is 2.22. The van der Waals surface area contributed by atoms with Crippen LogP contribution in [-0.4, -0.2) is 83.7 Å². The lowest BCUT2D eigenvalue weighted by Crippen LogP contribution is -2.51. The molecular weight excluding hydrogens is 418 g/mol. The second-order valence-corrected chi connectivity index (χ2v) is 10.1. The summed E-state index contributed by atoms with van der Waals surface area (Å²) in [5, 5.41) is 5.97. The van der Waals surface area contributed by atoms with Gasteiger partial charge in [0.1, 0.15) is 0 Å². The minimum atomic E-state index is -0.00943. The van der Waals surface area contributed by atoms with Crippen LogP contribution in [-0.2, 0) is 4.79 Å². The number of pyridine rings is 1. The van der Waals surface area contributed by atoms with Crippen LogP contribution >= 0.6 is 11.8 Å². The highest BCUT2D eigenvalue weighted by atomic mass is 32.2. The SMILES string of the molecule is O=C([C@@H]1C[C@H](N2CCN(c3c4ccccc4nc4ccccc34)CC2)CN1)N1CCSC1. The van der Waals surface area contributed by atoms with Gasteiger partial charge < -0.3 is 15.1 Å². The van der Waals surface area contributed by atoms with E-state index in [1.807, 2.05) is 16.7 Å². The molecule has 1 aromatic heterocycles. The van der Waals surface area contributed by atoms with Gasteiger partial charge >= 0.3 is 0 Å². The summed E-state index contributed by atoms with van der Waals surface area (Å²) >= 11 is 1.85. The molecule has 0 unspecified atom stereocenters. The van der Waals surface area contributed by atoms with Crippen LogP contribution in [0.25, 0.3) is 21.8 Å². The Balaban J connectivity index is 1.18. The molecule has 0 spiro atoms. The summed E-state index contributed by atoms with van der Waals surface area (Å²) in [6.07, 6.45) is 0.932. The Morgan fingerprint density at radius 1 is 0.938 bits per heavy atom. The van der Waals surface area contributed by atoms with Crippen molar-refractivity contribution in [1.82, 2.24) is 20.1 Å². The Hall–Kier alpha value is -2.35. The molecule has 0 saturated carbocycles. The van der Waals surface area contributed by atoms with Gasteiger partial charge in [0.15, 0.2) is 0 Å². The van der Waals surface area contributed by atoms with Gasteiger partial charge in [0.05, 0.1) is 28.6 Å². The van der Waals surface area contributed by atoms with Crippen molar-refractivity contribution in [3.63, 3.8) is 0 Å². The minimum absolute atomic E-state index is 0.00943. The van der Waals surface area contributed by atoms with Crippen LogP contribution in [0.4, 0.5) is 5.69 Å². The van der Waals surface area contributed by atoms with Crippen LogP contribution in [0.1, 0.15) is 6.42 Å². The van der Waals surface area contributed by atoms with Crippen molar-refractivity contribution in [2.45, 2.75) is 18.5 Å². The van der Waals surface area contributed by atoms with Gasteiger partial charge in [-0.2, -0.15) is 0 Å². The zero-order chi connectivity index (χ0) is 21.5. The van der Waals surface area contributed by atoms with E-state index in [1.54, 1.807) is 0 Å². The lowest BCUT2D eigenvalue weighted by atomic mass is 10.0. The molecule has 6 nitrogen and oxygen atoms in total. The number of thioether (sulfide) groups is 1. The second-order valence-electron chi connectivity index (χ2n) is 9.01. The number of nitrogens with zero attached hydrogens (tertiary/aromatic N) is 4. The molecule has 1 N–H and O–H groups in total. The second kappa shape index (κ2) is 8.54. The van der Waals surface area contributed by atoms with Gasteiger partial charge in [-0.05, 0) is 18.6 Å². The minimum Gasteiger partial charge on any atom is -0.368 e. The predicted molar refractivity (Wildman–Crippen MR) is 132 cm³/mol. The van der Waals surface area contributed by atoms with E-state index in [-0.39, 0.29) is 6.04 Å². The molecule has 0 radical (unpaired) electrons. The fourth-order valence-electron chi connectivity index (χ4n) is 5.46. The zero-order valence-corrected chi connectivity index (χ0v) is 19.1. The topological polar surface area (TPSA) is 51.7 Å². The number of hydrogen-bond acceptors (Lipinski definition) is 6. The number of piperazine rings is 1. The highest BCUT2D eigenvalue weighted by molar-refractivity contribution is 7.99. The first-order valence-electron chi connectivity index (χ1n) is 11.6. The van der Waals surface area contributed by atoms with Crippen LogP contribution in [0.3, 0.4) is 0 Å². The molecule has 1 amide bonds. The molecule has 3 fully saturated rings. The molecule has 32 heavy (non-hydrogen) atoms. The van der Waals surface area contributed by atoms with E-state index in [4.69, 9.17) is 4.98 Å². The maximum Gasteiger partial charge on any atom is 0.240 e. The fraction of sp³-hybridized carbons (Fsp3) is 0.440. The number of carbonyl (C=O) groups excluding carboxylic acids is 1. The van der Waals surface area contributed by atoms with Crippen LogP contribution < -0.4 is 10.2 Å². The van der Waals surface area contributed by atoms with E-state index in [9.17, 15) is 4.79 Å².